The standard InChI is InChI=1S/C17H26ClN3/c18-11-17(9-5-2-6-10-17)12-19-16-14-7-3-1-4-8-15(14)20-13-21-16/h13H,1-12H2,(H,19,20,21). The van der Waals surface area contributed by atoms with Crippen LogP contribution in [0.3, 0.4) is 0 Å². The first kappa shape index (κ1) is 15.1. The molecule has 1 fully saturated rings. The average Bonchev–Trinajstić information content (AvgIpc) is 2.79. The van der Waals surface area contributed by atoms with Gasteiger partial charge in [0.25, 0.3) is 0 Å². The summed E-state index contributed by atoms with van der Waals surface area (Å²) in [7, 11) is 0. The third-order valence-electron chi connectivity index (χ3n) is 5.20. The summed E-state index contributed by atoms with van der Waals surface area (Å²) < 4.78 is 0. The minimum atomic E-state index is 0.266. The molecular formula is C17H26ClN3. The Morgan fingerprint density at radius 3 is 2.57 bits per heavy atom. The number of anilines is 1. The molecule has 3 nitrogen and oxygen atoms in total. The first-order valence-electron chi connectivity index (χ1n) is 8.46. The van der Waals surface area contributed by atoms with E-state index in [1.807, 2.05) is 0 Å². The van der Waals surface area contributed by atoms with E-state index < -0.39 is 0 Å². The highest BCUT2D eigenvalue weighted by Gasteiger charge is 2.31. The molecule has 21 heavy (non-hydrogen) atoms. The molecule has 0 saturated heterocycles. The van der Waals surface area contributed by atoms with Crippen LogP contribution in [0.15, 0.2) is 6.33 Å². The molecule has 3 rings (SSSR count). The van der Waals surface area contributed by atoms with Gasteiger partial charge in [0.1, 0.15) is 12.1 Å². The van der Waals surface area contributed by atoms with Crippen molar-refractivity contribution in [3.63, 3.8) is 0 Å². The van der Waals surface area contributed by atoms with Gasteiger partial charge in [-0.1, -0.05) is 25.7 Å². The molecule has 4 heteroatoms. The monoisotopic (exact) mass is 307 g/mol. The van der Waals surface area contributed by atoms with Crippen LogP contribution in [0, 0.1) is 5.41 Å². The Hall–Kier alpha value is -0.830. The van der Waals surface area contributed by atoms with Crippen molar-refractivity contribution >= 4 is 17.4 Å². The van der Waals surface area contributed by atoms with Crippen molar-refractivity contribution in [2.24, 2.45) is 5.41 Å². The van der Waals surface area contributed by atoms with Crippen molar-refractivity contribution in [1.82, 2.24) is 9.97 Å². The second-order valence-electron chi connectivity index (χ2n) is 6.76. The molecule has 0 bridgehead atoms. The smallest absolute Gasteiger partial charge is 0.132 e. The van der Waals surface area contributed by atoms with E-state index in [0.29, 0.717) is 0 Å². The predicted molar refractivity (Wildman–Crippen MR) is 88.0 cm³/mol. The number of aryl methyl sites for hydroxylation is 1. The van der Waals surface area contributed by atoms with Gasteiger partial charge in [0.2, 0.25) is 0 Å². The predicted octanol–water partition coefficient (Wildman–Crippen LogP) is 4.35. The number of fused-ring (bicyclic) bond motifs is 1. The number of hydrogen-bond donors (Lipinski definition) is 1. The molecule has 0 amide bonds. The van der Waals surface area contributed by atoms with Crippen molar-refractivity contribution in [2.45, 2.75) is 64.2 Å². The molecule has 0 radical (unpaired) electrons. The average molecular weight is 308 g/mol. The van der Waals surface area contributed by atoms with Crippen LogP contribution in [-0.2, 0) is 12.8 Å². The molecule has 1 aromatic heterocycles. The van der Waals surface area contributed by atoms with Crippen LogP contribution in [0.5, 0.6) is 0 Å². The van der Waals surface area contributed by atoms with Gasteiger partial charge in [0.05, 0.1) is 0 Å². The first-order chi connectivity index (χ1) is 10.3. The Kier molecular flexibility index (Phi) is 4.99. The van der Waals surface area contributed by atoms with Gasteiger partial charge in [0, 0.05) is 29.1 Å². The SMILES string of the molecule is ClCC1(CNc2ncnc3c2CCCCC3)CCCCC1. The lowest BCUT2D eigenvalue weighted by molar-refractivity contribution is 0.238. The minimum Gasteiger partial charge on any atom is -0.369 e. The van der Waals surface area contributed by atoms with Crippen LogP contribution < -0.4 is 5.32 Å². The summed E-state index contributed by atoms with van der Waals surface area (Å²) in [6, 6.07) is 0. The lowest BCUT2D eigenvalue weighted by Gasteiger charge is -2.36. The van der Waals surface area contributed by atoms with E-state index in [1.54, 1.807) is 6.33 Å². The number of hydrogen-bond acceptors (Lipinski definition) is 3. The Labute approximate surface area is 132 Å². The van der Waals surface area contributed by atoms with E-state index in [1.165, 1.54) is 62.6 Å². The van der Waals surface area contributed by atoms with Crippen molar-refractivity contribution in [2.75, 3.05) is 17.7 Å². The highest BCUT2D eigenvalue weighted by Crippen LogP contribution is 2.37. The number of halogens is 1. The van der Waals surface area contributed by atoms with Crippen LogP contribution in [0.1, 0.15) is 62.6 Å². The topological polar surface area (TPSA) is 37.8 Å². The Morgan fingerprint density at radius 2 is 1.76 bits per heavy atom. The van der Waals surface area contributed by atoms with Crippen molar-refractivity contribution < 1.29 is 0 Å². The maximum Gasteiger partial charge on any atom is 0.132 e. The number of nitrogens with zero attached hydrogens (tertiary/aromatic N) is 2. The second kappa shape index (κ2) is 6.95. The van der Waals surface area contributed by atoms with Gasteiger partial charge in [-0.3, -0.25) is 0 Å². The lowest BCUT2D eigenvalue weighted by atomic mass is 9.75. The van der Waals surface area contributed by atoms with Gasteiger partial charge in [-0.25, -0.2) is 9.97 Å². The van der Waals surface area contributed by atoms with Gasteiger partial charge in [0.15, 0.2) is 0 Å². The molecule has 1 saturated carbocycles. The Bertz CT molecular complexity index is 469. The Morgan fingerprint density at radius 1 is 1.00 bits per heavy atom. The minimum absolute atomic E-state index is 0.266. The van der Waals surface area contributed by atoms with Crippen LogP contribution in [-0.4, -0.2) is 22.4 Å². The Balaban J connectivity index is 1.72. The summed E-state index contributed by atoms with van der Waals surface area (Å²) in [5.74, 6) is 1.82. The highest BCUT2D eigenvalue weighted by atomic mass is 35.5. The van der Waals surface area contributed by atoms with E-state index in [2.05, 4.69) is 15.3 Å². The molecular weight excluding hydrogens is 282 g/mol. The van der Waals surface area contributed by atoms with E-state index in [0.717, 1.165) is 31.1 Å². The molecule has 2 aliphatic rings. The van der Waals surface area contributed by atoms with Crippen LogP contribution in [0.25, 0.3) is 0 Å². The highest BCUT2D eigenvalue weighted by molar-refractivity contribution is 6.18. The van der Waals surface area contributed by atoms with E-state index in [-0.39, 0.29) is 5.41 Å². The molecule has 0 aliphatic heterocycles. The molecule has 1 N–H and O–H groups in total. The number of aromatic nitrogens is 2. The van der Waals surface area contributed by atoms with Crippen LogP contribution in [0.2, 0.25) is 0 Å². The summed E-state index contributed by atoms with van der Waals surface area (Å²) in [5, 5.41) is 3.63. The normalized spacial score (nSPS) is 21.4. The third kappa shape index (κ3) is 3.50. The van der Waals surface area contributed by atoms with E-state index in [4.69, 9.17) is 11.6 Å². The summed E-state index contributed by atoms with van der Waals surface area (Å²) in [6.07, 6.45) is 14.3. The largest absolute Gasteiger partial charge is 0.369 e. The quantitative estimate of drug-likeness (QED) is 0.664. The molecule has 0 unspecified atom stereocenters. The van der Waals surface area contributed by atoms with Gasteiger partial charge < -0.3 is 5.32 Å². The maximum atomic E-state index is 6.30. The summed E-state index contributed by atoms with van der Waals surface area (Å²) in [6.45, 7) is 0.958. The molecule has 1 aromatic rings. The van der Waals surface area contributed by atoms with Gasteiger partial charge in [-0.15, -0.1) is 11.6 Å². The zero-order valence-electron chi connectivity index (χ0n) is 12.8. The number of alkyl halides is 1. The van der Waals surface area contributed by atoms with Crippen LogP contribution >= 0.6 is 11.6 Å². The summed E-state index contributed by atoms with van der Waals surface area (Å²) in [5.41, 5.74) is 2.88. The number of nitrogens with one attached hydrogen (secondary N) is 1. The van der Waals surface area contributed by atoms with E-state index >= 15 is 0 Å². The fourth-order valence-electron chi connectivity index (χ4n) is 3.78. The molecule has 0 aromatic carbocycles. The molecule has 2 aliphatic carbocycles. The fraction of sp³-hybridized carbons (Fsp3) is 0.765. The molecule has 0 spiro atoms. The molecule has 116 valence electrons. The lowest BCUT2D eigenvalue weighted by Crippen LogP contribution is -2.34. The van der Waals surface area contributed by atoms with Gasteiger partial charge >= 0.3 is 0 Å². The van der Waals surface area contributed by atoms with Crippen LogP contribution in [0.4, 0.5) is 5.82 Å². The second-order valence-corrected chi connectivity index (χ2v) is 7.02. The van der Waals surface area contributed by atoms with E-state index in [9.17, 15) is 0 Å². The fourth-order valence-corrected chi connectivity index (χ4v) is 4.14. The van der Waals surface area contributed by atoms with Gasteiger partial charge in [-0.05, 0) is 38.5 Å². The molecule has 1 heterocycles. The van der Waals surface area contributed by atoms with Gasteiger partial charge in [-0.2, -0.15) is 0 Å². The van der Waals surface area contributed by atoms with Crippen molar-refractivity contribution in [3.8, 4) is 0 Å². The van der Waals surface area contributed by atoms with Crippen molar-refractivity contribution in [1.29, 1.82) is 0 Å². The summed E-state index contributed by atoms with van der Waals surface area (Å²) in [4.78, 5) is 9.01. The third-order valence-corrected chi connectivity index (χ3v) is 5.77. The van der Waals surface area contributed by atoms with Crippen molar-refractivity contribution in [3.05, 3.63) is 17.6 Å². The molecule has 0 atom stereocenters. The zero-order valence-corrected chi connectivity index (χ0v) is 13.6. The zero-order chi connectivity index (χ0) is 14.5. The maximum absolute atomic E-state index is 6.30. The first-order valence-corrected chi connectivity index (χ1v) is 8.99. The number of rotatable bonds is 4. The summed E-state index contributed by atoms with van der Waals surface area (Å²) >= 11 is 6.30.